The fraction of sp³-hybridized carbons (Fsp3) is 0.417. The van der Waals surface area contributed by atoms with Gasteiger partial charge in [0, 0.05) is 31.4 Å². The SMILES string of the molecule is COc1ccc(OC)c(-c2ccnc(-n3ncc(C(=O)NCCCN4CCOCC4)c3C)n2)c1. The van der Waals surface area contributed by atoms with Gasteiger partial charge < -0.3 is 19.5 Å². The molecule has 1 aliphatic heterocycles. The van der Waals surface area contributed by atoms with Crippen molar-refractivity contribution >= 4 is 5.91 Å². The zero-order valence-electron chi connectivity index (χ0n) is 19.8. The summed E-state index contributed by atoms with van der Waals surface area (Å²) in [6, 6.07) is 7.31. The summed E-state index contributed by atoms with van der Waals surface area (Å²) in [4.78, 5) is 24.1. The van der Waals surface area contributed by atoms with Gasteiger partial charge in [-0.2, -0.15) is 5.10 Å². The van der Waals surface area contributed by atoms with E-state index in [1.165, 1.54) is 0 Å². The first-order valence-electron chi connectivity index (χ1n) is 11.3. The van der Waals surface area contributed by atoms with Crippen LogP contribution in [-0.4, -0.2) is 84.2 Å². The summed E-state index contributed by atoms with van der Waals surface area (Å²) >= 11 is 0. The van der Waals surface area contributed by atoms with Crippen LogP contribution < -0.4 is 14.8 Å². The molecule has 1 aliphatic rings. The molecular formula is C24H30N6O4. The molecule has 1 amide bonds. The van der Waals surface area contributed by atoms with Crippen molar-refractivity contribution in [3.05, 3.63) is 47.9 Å². The molecule has 180 valence electrons. The van der Waals surface area contributed by atoms with Gasteiger partial charge in [0.25, 0.3) is 11.9 Å². The molecule has 2 aromatic heterocycles. The van der Waals surface area contributed by atoms with E-state index >= 15 is 0 Å². The lowest BCUT2D eigenvalue weighted by Gasteiger charge is -2.26. The minimum atomic E-state index is -0.156. The fourth-order valence-corrected chi connectivity index (χ4v) is 3.87. The first kappa shape index (κ1) is 23.7. The molecule has 0 aliphatic carbocycles. The zero-order valence-corrected chi connectivity index (χ0v) is 19.8. The van der Waals surface area contributed by atoms with E-state index in [1.807, 2.05) is 25.1 Å². The van der Waals surface area contributed by atoms with Crippen LogP contribution in [-0.2, 0) is 4.74 Å². The van der Waals surface area contributed by atoms with Gasteiger partial charge in [-0.15, -0.1) is 0 Å². The van der Waals surface area contributed by atoms with E-state index in [0.29, 0.717) is 40.9 Å². The minimum Gasteiger partial charge on any atom is -0.497 e. The second-order valence-electron chi connectivity index (χ2n) is 7.93. The molecule has 0 unspecified atom stereocenters. The van der Waals surface area contributed by atoms with Crippen molar-refractivity contribution in [1.29, 1.82) is 0 Å². The van der Waals surface area contributed by atoms with Crippen LogP contribution in [0.15, 0.2) is 36.7 Å². The number of methoxy groups -OCH3 is 2. The van der Waals surface area contributed by atoms with Crippen LogP contribution in [0.25, 0.3) is 17.2 Å². The Balaban J connectivity index is 1.46. The van der Waals surface area contributed by atoms with E-state index in [9.17, 15) is 4.79 Å². The molecule has 1 aromatic carbocycles. The lowest BCUT2D eigenvalue weighted by atomic mass is 10.1. The van der Waals surface area contributed by atoms with E-state index in [-0.39, 0.29) is 5.91 Å². The number of aromatic nitrogens is 4. The summed E-state index contributed by atoms with van der Waals surface area (Å²) in [5, 5.41) is 7.36. The Morgan fingerprint density at radius 1 is 1.18 bits per heavy atom. The van der Waals surface area contributed by atoms with Gasteiger partial charge in [0.05, 0.1) is 50.6 Å². The molecule has 4 rings (SSSR count). The maximum atomic E-state index is 12.7. The van der Waals surface area contributed by atoms with Crippen molar-refractivity contribution in [1.82, 2.24) is 30.0 Å². The third-order valence-electron chi connectivity index (χ3n) is 5.81. The Hall–Kier alpha value is -3.50. The van der Waals surface area contributed by atoms with E-state index < -0.39 is 0 Å². The number of morpholine rings is 1. The van der Waals surface area contributed by atoms with E-state index in [0.717, 1.165) is 44.8 Å². The van der Waals surface area contributed by atoms with Gasteiger partial charge in [0.2, 0.25) is 0 Å². The molecule has 0 bridgehead atoms. The van der Waals surface area contributed by atoms with Crippen molar-refractivity contribution in [2.75, 3.05) is 53.6 Å². The molecule has 3 heterocycles. The molecule has 34 heavy (non-hydrogen) atoms. The molecule has 1 fully saturated rings. The largest absolute Gasteiger partial charge is 0.497 e. The normalized spacial score (nSPS) is 14.1. The van der Waals surface area contributed by atoms with Crippen LogP contribution >= 0.6 is 0 Å². The Bertz CT molecular complexity index is 1130. The Labute approximate surface area is 198 Å². The molecule has 0 atom stereocenters. The van der Waals surface area contributed by atoms with Gasteiger partial charge in [-0.25, -0.2) is 14.6 Å². The van der Waals surface area contributed by atoms with Crippen molar-refractivity contribution < 1.29 is 19.0 Å². The number of carbonyl (C=O) groups is 1. The summed E-state index contributed by atoms with van der Waals surface area (Å²) in [6.07, 6.45) is 4.09. The highest BCUT2D eigenvalue weighted by Crippen LogP contribution is 2.32. The summed E-state index contributed by atoms with van der Waals surface area (Å²) in [6.45, 7) is 6.81. The van der Waals surface area contributed by atoms with Crippen LogP contribution in [0.4, 0.5) is 0 Å². The lowest BCUT2D eigenvalue weighted by molar-refractivity contribution is 0.0374. The number of carbonyl (C=O) groups excluding carboxylic acids is 1. The average Bonchev–Trinajstić information content (AvgIpc) is 3.28. The second kappa shape index (κ2) is 11.1. The summed E-state index contributed by atoms with van der Waals surface area (Å²) in [7, 11) is 3.22. The smallest absolute Gasteiger partial charge is 0.254 e. The van der Waals surface area contributed by atoms with Crippen LogP contribution in [0.1, 0.15) is 22.5 Å². The molecule has 1 N–H and O–H groups in total. The maximum Gasteiger partial charge on any atom is 0.254 e. The van der Waals surface area contributed by atoms with Gasteiger partial charge in [0.1, 0.15) is 11.5 Å². The van der Waals surface area contributed by atoms with Gasteiger partial charge in [0.15, 0.2) is 0 Å². The van der Waals surface area contributed by atoms with Gasteiger partial charge in [-0.3, -0.25) is 9.69 Å². The third-order valence-corrected chi connectivity index (χ3v) is 5.81. The Morgan fingerprint density at radius 3 is 2.76 bits per heavy atom. The van der Waals surface area contributed by atoms with Crippen molar-refractivity contribution in [3.8, 4) is 28.7 Å². The Kier molecular flexibility index (Phi) is 7.71. The lowest BCUT2D eigenvalue weighted by Crippen LogP contribution is -2.38. The maximum absolute atomic E-state index is 12.7. The molecule has 0 spiro atoms. The van der Waals surface area contributed by atoms with Crippen LogP contribution in [0.5, 0.6) is 11.5 Å². The van der Waals surface area contributed by atoms with Crippen molar-refractivity contribution in [3.63, 3.8) is 0 Å². The Morgan fingerprint density at radius 2 is 2.00 bits per heavy atom. The van der Waals surface area contributed by atoms with Crippen molar-refractivity contribution in [2.45, 2.75) is 13.3 Å². The number of amides is 1. The van der Waals surface area contributed by atoms with Gasteiger partial charge >= 0.3 is 0 Å². The number of ether oxygens (including phenoxy) is 3. The molecular weight excluding hydrogens is 436 g/mol. The fourth-order valence-electron chi connectivity index (χ4n) is 3.87. The number of nitrogens with one attached hydrogen (secondary N) is 1. The number of hydrogen-bond donors (Lipinski definition) is 1. The van der Waals surface area contributed by atoms with E-state index in [1.54, 1.807) is 37.4 Å². The van der Waals surface area contributed by atoms with E-state index in [2.05, 4.69) is 25.3 Å². The number of hydrogen-bond acceptors (Lipinski definition) is 8. The number of nitrogens with zero attached hydrogens (tertiary/aromatic N) is 5. The van der Waals surface area contributed by atoms with Crippen LogP contribution in [0, 0.1) is 6.92 Å². The zero-order chi connectivity index (χ0) is 23.9. The predicted molar refractivity (Wildman–Crippen MR) is 127 cm³/mol. The highest BCUT2D eigenvalue weighted by Gasteiger charge is 2.18. The van der Waals surface area contributed by atoms with E-state index in [4.69, 9.17) is 14.2 Å². The first-order chi connectivity index (χ1) is 16.6. The molecule has 10 heteroatoms. The minimum absolute atomic E-state index is 0.156. The molecule has 10 nitrogen and oxygen atoms in total. The molecule has 1 saturated heterocycles. The molecule has 0 saturated carbocycles. The number of rotatable bonds is 9. The van der Waals surface area contributed by atoms with Crippen molar-refractivity contribution in [2.24, 2.45) is 0 Å². The second-order valence-corrected chi connectivity index (χ2v) is 7.93. The monoisotopic (exact) mass is 466 g/mol. The quantitative estimate of drug-likeness (QED) is 0.478. The van der Waals surface area contributed by atoms with Gasteiger partial charge in [-0.1, -0.05) is 0 Å². The summed E-state index contributed by atoms with van der Waals surface area (Å²) < 4.78 is 17.8. The average molecular weight is 467 g/mol. The number of benzene rings is 1. The summed E-state index contributed by atoms with van der Waals surface area (Å²) in [5.74, 6) is 1.57. The standard InChI is InChI=1S/C24H30N6O4/c1-17-20(23(31)25-8-4-10-29-11-13-34-14-12-29)16-27-30(17)24-26-9-7-21(28-24)19-15-18(32-2)5-6-22(19)33-3/h5-7,9,15-16H,4,8,10-14H2,1-3H3,(H,25,31). The van der Waals surface area contributed by atoms with Crippen LogP contribution in [0.3, 0.4) is 0 Å². The summed E-state index contributed by atoms with van der Waals surface area (Å²) in [5.41, 5.74) is 2.60. The topological polar surface area (TPSA) is 104 Å². The highest BCUT2D eigenvalue weighted by molar-refractivity contribution is 5.95. The highest BCUT2D eigenvalue weighted by atomic mass is 16.5. The van der Waals surface area contributed by atoms with Gasteiger partial charge in [-0.05, 0) is 44.2 Å². The van der Waals surface area contributed by atoms with Crippen LogP contribution in [0.2, 0.25) is 0 Å². The predicted octanol–water partition coefficient (Wildman–Crippen LogP) is 2.11. The molecule has 0 radical (unpaired) electrons. The third kappa shape index (κ3) is 5.35. The first-order valence-corrected chi connectivity index (χ1v) is 11.3. The molecule has 3 aromatic rings.